The summed E-state index contributed by atoms with van der Waals surface area (Å²) < 4.78 is 4.74. The van der Waals surface area contributed by atoms with Gasteiger partial charge in [0, 0.05) is 6.54 Å². The Kier molecular flexibility index (Phi) is 5.86. The number of ether oxygens (including phenoxy) is 1. The van der Waals surface area contributed by atoms with Crippen molar-refractivity contribution in [3.8, 4) is 0 Å². The lowest BCUT2D eigenvalue weighted by Crippen LogP contribution is -2.31. The van der Waals surface area contributed by atoms with E-state index in [2.05, 4.69) is 43.9 Å². The van der Waals surface area contributed by atoms with E-state index in [1.54, 1.807) is 0 Å². The fourth-order valence-corrected chi connectivity index (χ4v) is 1.99. The van der Waals surface area contributed by atoms with Gasteiger partial charge in [0.2, 0.25) is 0 Å². The number of esters is 1. The van der Waals surface area contributed by atoms with Crippen LogP contribution in [0.3, 0.4) is 0 Å². The first kappa shape index (κ1) is 14.7. The van der Waals surface area contributed by atoms with E-state index >= 15 is 0 Å². The van der Waals surface area contributed by atoms with Crippen LogP contribution in [0.5, 0.6) is 0 Å². The fourth-order valence-electron chi connectivity index (χ4n) is 1.99. The van der Waals surface area contributed by atoms with Gasteiger partial charge in [0.15, 0.2) is 0 Å². The average molecular weight is 249 g/mol. The van der Waals surface area contributed by atoms with Gasteiger partial charge in [-0.15, -0.1) is 0 Å². The first-order valence-corrected chi connectivity index (χ1v) is 6.42. The van der Waals surface area contributed by atoms with Gasteiger partial charge in [0.1, 0.15) is 0 Å². The summed E-state index contributed by atoms with van der Waals surface area (Å²) in [5, 5.41) is 0. The molecule has 100 valence electrons. The zero-order valence-corrected chi connectivity index (χ0v) is 11.8. The summed E-state index contributed by atoms with van der Waals surface area (Å²) in [6.07, 6.45) is 1.03. The molecule has 18 heavy (non-hydrogen) atoms. The van der Waals surface area contributed by atoms with E-state index in [0.717, 1.165) is 19.5 Å². The summed E-state index contributed by atoms with van der Waals surface area (Å²) in [7, 11) is 1.43. The van der Waals surface area contributed by atoms with Crippen molar-refractivity contribution < 1.29 is 9.53 Å². The normalized spacial score (nSPS) is 10.7. The summed E-state index contributed by atoms with van der Waals surface area (Å²) in [5.41, 5.74) is 3.81. The zero-order chi connectivity index (χ0) is 13.5. The maximum Gasteiger partial charge on any atom is 0.319 e. The van der Waals surface area contributed by atoms with Crippen LogP contribution >= 0.6 is 0 Å². The number of benzene rings is 1. The molecule has 0 aliphatic carbocycles. The molecule has 1 rings (SSSR count). The van der Waals surface area contributed by atoms with Gasteiger partial charge in [0.05, 0.1) is 13.7 Å². The Morgan fingerprint density at radius 2 is 2.06 bits per heavy atom. The van der Waals surface area contributed by atoms with E-state index in [9.17, 15) is 4.79 Å². The van der Waals surface area contributed by atoms with E-state index < -0.39 is 0 Å². The van der Waals surface area contributed by atoms with E-state index in [1.165, 1.54) is 23.8 Å². The van der Waals surface area contributed by atoms with Crippen LogP contribution in [0, 0.1) is 13.8 Å². The lowest BCUT2D eigenvalue weighted by atomic mass is 10.1. The number of hydrogen-bond donors (Lipinski definition) is 0. The highest BCUT2D eigenvalue weighted by atomic mass is 16.5. The maximum atomic E-state index is 11.4. The van der Waals surface area contributed by atoms with Crippen LogP contribution in [0.15, 0.2) is 18.2 Å². The highest BCUT2D eigenvalue weighted by Gasteiger charge is 2.11. The van der Waals surface area contributed by atoms with E-state index in [4.69, 9.17) is 4.74 Å². The molecular formula is C15H23NO2. The molecule has 0 aliphatic heterocycles. The number of carbonyl (C=O) groups is 1. The lowest BCUT2D eigenvalue weighted by Gasteiger charge is -2.21. The van der Waals surface area contributed by atoms with E-state index in [0.29, 0.717) is 6.54 Å². The third-order valence-corrected chi connectivity index (χ3v) is 3.02. The van der Waals surface area contributed by atoms with Crippen molar-refractivity contribution >= 4 is 5.97 Å². The Bertz CT molecular complexity index is 401. The highest BCUT2D eigenvalue weighted by molar-refractivity contribution is 5.71. The van der Waals surface area contributed by atoms with Crippen LogP contribution in [0.1, 0.15) is 30.0 Å². The van der Waals surface area contributed by atoms with Gasteiger partial charge in [-0.3, -0.25) is 9.69 Å². The van der Waals surface area contributed by atoms with Gasteiger partial charge >= 0.3 is 5.97 Å². The summed E-state index contributed by atoms with van der Waals surface area (Å²) in [5.74, 6) is -0.172. The van der Waals surface area contributed by atoms with Crippen LogP contribution in [0.25, 0.3) is 0 Å². The number of carbonyl (C=O) groups excluding carboxylic acids is 1. The monoisotopic (exact) mass is 249 g/mol. The molecule has 3 nitrogen and oxygen atoms in total. The second-order valence-corrected chi connectivity index (χ2v) is 4.72. The molecule has 0 N–H and O–H groups in total. The van der Waals surface area contributed by atoms with E-state index in [1.807, 2.05) is 0 Å². The predicted molar refractivity (Wildman–Crippen MR) is 73.5 cm³/mol. The maximum absolute atomic E-state index is 11.4. The largest absolute Gasteiger partial charge is 0.468 e. The quantitative estimate of drug-likeness (QED) is 0.726. The molecule has 0 radical (unpaired) electrons. The standard InChI is InChI=1S/C15H23NO2/c1-5-8-16(11-15(17)18-4)10-14-9-12(2)6-7-13(14)3/h6-7,9H,5,8,10-11H2,1-4H3. The molecule has 0 unspecified atom stereocenters. The van der Waals surface area contributed by atoms with Crippen molar-refractivity contribution in [2.75, 3.05) is 20.2 Å². The number of methoxy groups -OCH3 is 1. The molecule has 0 bridgehead atoms. The molecule has 0 saturated carbocycles. The minimum atomic E-state index is -0.172. The second kappa shape index (κ2) is 7.17. The average Bonchev–Trinajstić information content (AvgIpc) is 2.34. The lowest BCUT2D eigenvalue weighted by molar-refractivity contribution is -0.142. The number of nitrogens with zero attached hydrogens (tertiary/aromatic N) is 1. The Morgan fingerprint density at radius 1 is 1.33 bits per heavy atom. The van der Waals surface area contributed by atoms with Crippen LogP contribution in [0.4, 0.5) is 0 Å². The van der Waals surface area contributed by atoms with Crippen molar-refractivity contribution in [3.05, 3.63) is 34.9 Å². The Hall–Kier alpha value is -1.35. The summed E-state index contributed by atoms with van der Waals surface area (Å²) in [6, 6.07) is 6.44. The zero-order valence-electron chi connectivity index (χ0n) is 11.8. The Labute approximate surface area is 110 Å². The van der Waals surface area contributed by atoms with Crippen LogP contribution < -0.4 is 0 Å². The Balaban J connectivity index is 2.75. The van der Waals surface area contributed by atoms with Gasteiger partial charge in [-0.25, -0.2) is 0 Å². The first-order valence-electron chi connectivity index (χ1n) is 6.42. The topological polar surface area (TPSA) is 29.5 Å². The molecular weight excluding hydrogens is 226 g/mol. The second-order valence-electron chi connectivity index (χ2n) is 4.72. The number of rotatable bonds is 6. The Morgan fingerprint density at radius 3 is 2.67 bits per heavy atom. The smallest absolute Gasteiger partial charge is 0.319 e. The molecule has 0 fully saturated rings. The minimum Gasteiger partial charge on any atom is -0.468 e. The summed E-state index contributed by atoms with van der Waals surface area (Å²) in [6.45, 7) is 8.38. The van der Waals surface area contributed by atoms with Crippen molar-refractivity contribution in [1.29, 1.82) is 0 Å². The molecule has 1 aromatic rings. The first-order chi connectivity index (χ1) is 8.56. The predicted octanol–water partition coefficient (Wildman–Crippen LogP) is 2.69. The van der Waals surface area contributed by atoms with Crippen LogP contribution in [-0.4, -0.2) is 31.1 Å². The van der Waals surface area contributed by atoms with Crippen molar-refractivity contribution in [1.82, 2.24) is 4.90 Å². The van der Waals surface area contributed by atoms with Gasteiger partial charge in [-0.2, -0.15) is 0 Å². The van der Waals surface area contributed by atoms with Crippen LogP contribution in [-0.2, 0) is 16.1 Å². The molecule has 0 aromatic heterocycles. The summed E-state index contributed by atoms with van der Waals surface area (Å²) >= 11 is 0. The van der Waals surface area contributed by atoms with E-state index in [-0.39, 0.29) is 5.97 Å². The van der Waals surface area contributed by atoms with Gasteiger partial charge in [-0.05, 0) is 37.9 Å². The summed E-state index contributed by atoms with van der Waals surface area (Å²) in [4.78, 5) is 13.5. The van der Waals surface area contributed by atoms with Gasteiger partial charge in [-0.1, -0.05) is 30.7 Å². The minimum absolute atomic E-state index is 0.172. The SMILES string of the molecule is CCCN(CC(=O)OC)Cc1cc(C)ccc1C. The fraction of sp³-hybridized carbons (Fsp3) is 0.533. The third kappa shape index (κ3) is 4.49. The van der Waals surface area contributed by atoms with Gasteiger partial charge < -0.3 is 4.74 Å². The van der Waals surface area contributed by atoms with Crippen molar-refractivity contribution in [3.63, 3.8) is 0 Å². The number of aryl methyl sites for hydroxylation is 2. The van der Waals surface area contributed by atoms with Crippen molar-refractivity contribution in [2.24, 2.45) is 0 Å². The van der Waals surface area contributed by atoms with Gasteiger partial charge in [0.25, 0.3) is 0 Å². The molecule has 3 heteroatoms. The number of hydrogen-bond acceptors (Lipinski definition) is 3. The van der Waals surface area contributed by atoms with Crippen molar-refractivity contribution in [2.45, 2.75) is 33.7 Å². The molecule has 0 aliphatic rings. The third-order valence-electron chi connectivity index (χ3n) is 3.02. The van der Waals surface area contributed by atoms with Crippen LogP contribution in [0.2, 0.25) is 0 Å². The molecule has 0 spiro atoms. The molecule has 0 atom stereocenters. The molecule has 0 heterocycles. The molecule has 0 saturated heterocycles. The molecule has 1 aromatic carbocycles. The molecule has 0 amide bonds. The highest BCUT2D eigenvalue weighted by Crippen LogP contribution is 2.13.